The van der Waals surface area contributed by atoms with Crippen molar-refractivity contribution in [3.63, 3.8) is 0 Å². The van der Waals surface area contributed by atoms with E-state index in [4.69, 9.17) is 74.5 Å². The molecule has 3 radical (unpaired) electrons. The lowest BCUT2D eigenvalue weighted by atomic mass is 10.2. The van der Waals surface area contributed by atoms with Crippen LogP contribution in [0.5, 0.6) is 0 Å². The van der Waals surface area contributed by atoms with Gasteiger partial charge in [0.25, 0.3) is 0 Å². The lowest BCUT2D eigenvalue weighted by Crippen LogP contribution is -2.39. The minimum Gasteiger partial charge on any atom is -0.411 e. The van der Waals surface area contributed by atoms with Crippen LogP contribution in [0.4, 0.5) is 0 Å². The first-order valence-electron chi connectivity index (χ1n) is 10.4. The lowest BCUT2D eigenvalue weighted by molar-refractivity contribution is 0.303. The molecular formula is C21H42AlN3S6-3. The summed E-state index contributed by atoms with van der Waals surface area (Å²) in [4.78, 5) is 6.14. The largest absolute Gasteiger partial charge is 0.411 e. The zero-order valence-electron chi connectivity index (χ0n) is 21.3. The van der Waals surface area contributed by atoms with E-state index in [1.165, 1.54) is 0 Å². The molecule has 0 fully saturated rings. The van der Waals surface area contributed by atoms with Gasteiger partial charge in [0.1, 0.15) is 0 Å². The molecule has 0 aliphatic carbocycles. The molecule has 10 heteroatoms. The molecule has 0 unspecified atom stereocenters. The van der Waals surface area contributed by atoms with Crippen LogP contribution in [0.3, 0.4) is 0 Å². The van der Waals surface area contributed by atoms with E-state index >= 15 is 0 Å². The van der Waals surface area contributed by atoms with Gasteiger partial charge in [-0.25, -0.2) is 0 Å². The van der Waals surface area contributed by atoms with Gasteiger partial charge in [-0.2, -0.15) is 0 Å². The van der Waals surface area contributed by atoms with Crippen molar-refractivity contribution in [2.45, 2.75) is 119 Å². The third-order valence-corrected chi connectivity index (χ3v) is 5.24. The predicted octanol–water partition coefficient (Wildman–Crippen LogP) is 5.43. The van der Waals surface area contributed by atoms with Crippen LogP contribution < -0.4 is 0 Å². The molecule has 0 saturated carbocycles. The van der Waals surface area contributed by atoms with E-state index in [0.717, 1.165) is 0 Å². The van der Waals surface area contributed by atoms with Crippen molar-refractivity contribution in [3.05, 3.63) is 0 Å². The summed E-state index contributed by atoms with van der Waals surface area (Å²) in [5, 5.41) is 0. The fourth-order valence-corrected chi connectivity index (χ4v) is 5.58. The fraction of sp³-hybridized carbons (Fsp3) is 0.857. The Morgan fingerprint density at radius 1 is 0.419 bits per heavy atom. The number of thiocarbonyl (C=S) groups is 3. The molecule has 0 N–H and O–H groups in total. The Morgan fingerprint density at radius 2 is 0.516 bits per heavy atom. The van der Waals surface area contributed by atoms with E-state index in [9.17, 15) is 0 Å². The Hall–Kier alpha value is 0.862. The van der Waals surface area contributed by atoms with Gasteiger partial charge in [0, 0.05) is 53.6 Å². The van der Waals surface area contributed by atoms with Crippen molar-refractivity contribution in [1.29, 1.82) is 0 Å². The van der Waals surface area contributed by atoms with Crippen LogP contribution in [0, 0.1) is 0 Å². The highest BCUT2D eigenvalue weighted by Gasteiger charge is 2.09. The Morgan fingerprint density at radius 3 is 0.516 bits per heavy atom. The summed E-state index contributed by atoms with van der Waals surface area (Å²) in [7, 11) is 0. The summed E-state index contributed by atoms with van der Waals surface area (Å²) in [6, 6.07) is 2.53. The van der Waals surface area contributed by atoms with Crippen LogP contribution in [0.2, 0.25) is 0 Å². The summed E-state index contributed by atoms with van der Waals surface area (Å²) in [6.07, 6.45) is 0. The third-order valence-electron chi connectivity index (χ3n) is 3.97. The molecule has 0 aromatic carbocycles. The molecule has 3 nitrogen and oxygen atoms in total. The minimum atomic E-state index is 0. The molecule has 31 heavy (non-hydrogen) atoms. The van der Waals surface area contributed by atoms with Crippen LogP contribution in [-0.4, -0.2) is 81.3 Å². The van der Waals surface area contributed by atoms with Crippen molar-refractivity contribution in [2.24, 2.45) is 0 Å². The average Bonchev–Trinajstić information content (AvgIpc) is 2.43. The number of rotatable bonds is 6. The molecule has 183 valence electrons. The highest BCUT2D eigenvalue weighted by atomic mass is 32.1. The van der Waals surface area contributed by atoms with Gasteiger partial charge in [0.15, 0.2) is 0 Å². The molecule has 0 aromatic rings. The van der Waals surface area contributed by atoms with E-state index < -0.39 is 0 Å². The van der Waals surface area contributed by atoms with Crippen LogP contribution in [0.25, 0.3) is 0 Å². The molecule has 0 spiro atoms. The maximum absolute atomic E-state index is 4.91. The molecule has 0 atom stereocenters. The van der Waals surface area contributed by atoms with Crippen LogP contribution in [0.15, 0.2) is 0 Å². The van der Waals surface area contributed by atoms with E-state index in [1.807, 2.05) is 14.7 Å². The summed E-state index contributed by atoms with van der Waals surface area (Å²) < 4.78 is 1.72. The molecule has 0 bridgehead atoms. The SMILES string of the molecule is CC(C)N(C(=S)[S-])C(C)C.CC(C)N(C(=S)[S-])C(C)C.CC(C)N(C(=S)[S-])C(C)C.[Al]. The topological polar surface area (TPSA) is 9.72 Å². The van der Waals surface area contributed by atoms with E-state index in [-0.39, 0.29) is 17.4 Å². The van der Waals surface area contributed by atoms with Gasteiger partial charge in [-0.1, -0.05) is 13.0 Å². The third kappa shape index (κ3) is 18.9. The molecule has 0 rings (SSSR count). The van der Waals surface area contributed by atoms with Gasteiger partial charge in [-0.3, -0.25) is 0 Å². The summed E-state index contributed by atoms with van der Waals surface area (Å²) in [6.45, 7) is 25.1. The van der Waals surface area contributed by atoms with Crippen molar-refractivity contribution in [1.82, 2.24) is 14.7 Å². The van der Waals surface area contributed by atoms with Crippen molar-refractivity contribution in [3.8, 4) is 0 Å². The quantitative estimate of drug-likeness (QED) is 0.239. The van der Waals surface area contributed by atoms with Gasteiger partial charge < -0.3 is 89.2 Å². The number of hydrogen-bond acceptors (Lipinski definition) is 6. The molecule has 0 aromatic heterocycles. The van der Waals surface area contributed by atoms with Crippen molar-refractivity contribution >= 4 is 105 Å². The highest BCUT2D eigenvalue weighted by Crippen LogP contribution is 2.06. The zero-order valence-corrected chi connectivity index (χ0v) is 27.4. The molecular weight excluding hydrogens is 514 g/mol. The lowest BCUT2D eigenvalue weighted by Gasteiger charge is -2.36. The van der Waals surface area contributed by atoms with E-state index in [0.29, 0.717) is 49.2 Å². The van der Waals surface area contributed by atoms with Crippen molar-refractivity contribution < 1.29 is 0 Å². The molecule has 0 heterocycles. The van der Waals surface area contributed by atoms with E-state index in [1.54, 1.807) is 0 Å². The second-order valence-corrected chi connectivity index (χ2v) is 11.7. The second-order valence-electron chi connectivity index (χ2n) is 8.58. The number of hydrogen-bond donors (Lipinski definition) is 0. The first-order chi connectivity index (χ1) is 13.4. The summed E-state index contributed by atoms with van der Waals surface area (Å²) in [5.41, 5.74) is 0. The van der Waals surface area contributed by atoms with Crippen molar-refractivity contribution in [2.75, 3.05) is 0 Å². The first-order valence-corrected chi connectivity index (χ1v) is 12.8. The van der Waals surface area contributed by atoms with Crippen LogP contribution in [0.1, 0.15) is 83.1 Å². The van der Waals surface area contributed by atoms with E-state index in [2.05, 4.69) is 83.1 Å². The molecule has 0 saturated heterocycles. The fourth-order valence-electron chi connectivity index (χ4n) is 3.05. The summed E-state index contributed by atoms with van der Waals surface area (Å²) in [5.74, 6) is 0. The van der Waals surface area contributed by atoms with Gasteiger partial charge in [0.2, 0.25) is 0 Å². The Bertz CT molecular complexity index is 416. The highest BCUT2D eigenvalue weighted by molar-refractivity contribution is 8.00. The standard InChI is InChI=1S/3C7H15NS2.Al/c3*1-5(2)8(6(3)4)7(9)10;/h3*5-6H,1-4H3,(H,9,10);/p-3. The average molecular weight is 556 g/mol. The Kier molecular flexibility index (Phi) is 25.5. The second kappa shape index (κ2) is 20.3. The Labute approximate surface area is 237 Å². The normalized spacial score (nSPS) is 10.3. The first kappa shape index (κ1) is 39.1. The summed E-state index contributed by atoms with van der Waals surface area (Å²) >= 11 is 29.5. The zero-order chi connectivity index (χ0) is 24.9. The van der Waals surface area contributed by atoms with Crippen LogP contribution in [-0.2, 0) is 37.9 Å². The van der Waals surface area contributed by atoms with Gasteiger partial charge >= 0.3 is 0 Å². The smallest absolute Gasteiger partial charge is 0.0220 e. The maximum Gasteiger partial charge on any atom is 0.0220 e. The molecule has 0 aliphatic rings. The molecule has 0 aliphatic heterocycles. The number of nitrogens with zero attached hydrogens (tertiary/aromatic N) is 3. The van der Waals surface area contributed by atoms with Crippen LogP contribution >= 0.6 is 36.7 Å². The predicted molar refractivity (Wildman–Crippen MR) is 162 cm³/mol. The molecule has 0 amide bonds. The minimum absolute atomic E-state index is 0. The van der Waals surface area contributed by atoms with Gasteiger partial charge in [0.05, 0.1) is 0 Å². The monoisotopic (exact) mass is 555 g/mol. The van der Waals surface area contributed by atoms with Gasteiger partial charge in [-0.15, -0.1) is 0 Å². The maximum atomic E-state index is 4.91. The Balaban J connectivity index is -0.000000174. The van der Waals surface area contributed by atoms with Gasteiger partial charge in [-0.05, 0) is 83.1 Å².